The maximum atomic E-state index is 12.9. The summed E-state index contributed by atoms with van der Waals surface area (Å²) in [7, 11) is 1.32. The molecule has 1 heterocycles. The van der Waals surface area contributed by atoms with Gasteiger partial charge in [-0.3, -0.25) is 4.68 Å². The van der Waals surface area contributed by atoms with Crippen LogP contribution < -0.4 is 0 Å². The van der Waals surface area contributed by atoms with E-state index >= 15 is 0 Å². The van der Waals surface area contributed by atoms with Crippen LogP contribution in [-0.2, 0) is 15.1 Å². The number of hydrogen-bond acceptors (Lipinski definition) is 3. The number of rotatable bonds is 2. The molecule has 0 aromatic carbocycles. The molecule has 1 fully saturated rings. The summed E-state index contributed by atoms with van der Waals surface area (Å²) < 4.78 is 19.2. The van der Waals surface area contributed by atoms with Gasteiger partial charge in [-0.05, 0) is 28.8 Å². The highest BCUT2D eigenvalue weighted by Gasteiger charge is 2.54. The first kappa shape index (κ1) is 9.64. The molecule has 1 aromatic heterocycles. The van der Waals surface area contributed by atoms with Crippen LogP contribution in [0.3, 0.4) is 0 Å². The molecular formula is C8H8BrFN2O2. The second-order valence-corrected chi connectivity index (χ2v) is 4.09. The Balaban J connectivity index is 2.35. The number of esters is 1. The van der Waals surface area contributed by atoms with Gasteiger partial charge in [0.2, 0.25) is 5.95 Å². The first-order valence-electron chi connectivity index (χ1n) is 4.10. The molecule has 1 aliphatic rings. The van der Waals surface area contributed by atoms with Gasteiger partial charge in [-0.2, -0.15) is 4.39 Å². The fraction of sp³-hybridized carbons (Fsp3) is 0.500. The van der Waals surface area contributed by atoms with Crippen molar-refractivity contribution >= 4 is 21.9 Å². The van der Waals surface area contributed by atoms with E-state index in [4.69, 9.17) is 0 Å². The largest absolute Gasteiger partial charge is 0.467 e. The Morgan fingerprint density at radius 1 is 1.79 bits per heavy atom. The van der Waals surface area contributed by atoms with Gasteiger partial charge < -0.3 is 4.74 Å². The van der Waals surface area contributed by atoms with Gasteiger partial charge in [-0.1, -0.05) is 0 Å². The Morgan fingerprint density at radius 2 is 2.43 bits per heavy atom. The minimum atomic E-state index is -0.762. The third-order valence-electron chi connectivity index (χ3n) is 2.36. The SMILES string of the molecule is COC(=O)C1(n2cc(Br)c(F)n2)CC1. The quantitative estimate of drug-likeness (QED) is 0.758. The molecule has 6 heteroatoms. The van der Waals surface area contributed by atoms with Crippen LogP contribution in [0.5, 0.6) is 0 Å². The van der Waals surface area contributed by atoms with Crippen LogP contribution >= 0.6 is 15.9 Å². The normalized spacial score (nSPS) is 17.9. The molecule has 0 bridgehead atoms. The molecule has 0 aliphatic heterocycles. The minimum absolute atomic E-state index is 0.257. The fourth-order valence-corrected chi connectivity index (χ4v) is 1.66. The summed E-state index contributed by atoms with van der Waals surface area (Å²) in [5.41, 5.74) is -0.762. The van der Waals surface area contributed by atoms with Crippen molar-refractivity contribution in [3.8, 4) is 0 Å². The molecule has 0 N–H and O–H groups in total. The second-order valence-electron chi connectivity index (χ2n) is 3.24. The van der Waals surface area contributed by atoms with E-state index in [2.05, 4.69) is 25.8 Å². The van der Waals surface area contributed by atoms with E-state index in [-0.39, 0.29) is 10.4 Å². The van der Waals surface area contributed by atoms with Crippen molar-refractivity contribution in [2.24, 2.45) is 0 Å². The first-order valence-corrected chi connectivity index (χ1v) is 4.89. The number of methoxy groups -OCH3 is 1. The first-order chi connectivity index (χ1) is 6.60. The van der Waals surface area contributed by atoms with E-state index in [9.17, 15) is 9.18 Å². The van der Waals surface area contributed by atoms with Gasteiger partial charge in [-0.25, -0.2) is 4.79 Å². The molecule has 2 rings (SSSR count). The molecule has 1 aliphatic carbocycles. The van der Waals surface area contributed by atoms with Crippen molar-refractivity contribution in [1.82, 2.24) is 9.78 Å². The molecule has 0 atom stereocenters. The molecule has 0 spiro atoms. The lowest BCUT2D eigenvalue weighted by Gasteiger charge is -2.11. The zero-order valence-corrected chi connectivity index (χ0v) is 9.04. The zero-order chi connectivity index (χ0) is 10.3. The maximum absolute atomic E-state index is 12.9. The second kappa shape index (κ2) is 3.05. The van der Waals surface area contributed by atoms with Crippen LogP contribution in [0, 0.1) is 5.95 Å². The van der Waals surface area contributed by atoms with E-state index in [0.717, 1.165) is 0 Å². The predicted octanol–water partition coefficient (Wildman–Crippen LogP) is 1.45. The van der Waals surface area contributed by atoms with Crippen molar-refractivity contribution in [3.63, 3.8) is 0 Å². The molecule has 1 saturated carbocycles. The maximum Gasteiger partial charge on any atom is 0.333 e. The molecule has 0 amide bonds. The van der Waals surface area contributed by atoms with E-state index < -0.39 is 11.5 Å². The number of aromatic nitrogens is 2. The van der Waals surface area contributed by atoms with Gasteiger partial charge in [0.05, 0.1) is 11.6 Å². The van der Waals surface area contributed by atoms with Gasteiger partial charge >= 0.3 is 5.97 Å². The molecule has 4 nitrogen and oxygen atoms in total. The smallest absolute Gasteiger partial charge is 0.333 e. The van der Waals surface area contributed by atoms with Crippen molar-refractivity contribution in [1.29, 1.82) is 0 Å². The number of hydrogen-bond donors (Lipinski definition) is 0. The Morgan fingerprint density at radius 3 is 2.79 bits per heavy atom. The monoisotopic (exact) mass is 262 g/mol. The molecule has 76 valence electrons. The molecule has 14 heavy (non-hydrogen) atoms. The Kier molecular flexibility index (Phi) is 2.10. The van der Waals surface area contributed by atoms with E-state index in [1.54, 1.807) is 0 Å². The van der Waals surface area contributed by atoms with E-state index in [0.29, 0.717) is 12.8 Å². The van der Waals surface area contributed by atoms with E-state index in [1.165, 1.54) is 18.0 Å². The van der Waals surface area contributed by atoms with Crippen LogP contribution in [0.4, 0.5) is 4.39 Å². The number of carbonyl (C=O) groups is 1. The molecular weight excluding hydrogens is 255 g/mol. The van der Waals surface area contributed by atoms with Crippen molar-refractivity contribution in [2.45, 2.75) is 18.4 Å². The Hall–Kier alpha value is -0.910. The van der Waals surface area contributed by atoms with Crippen molar-refractivity contribution in [3.05, 3.63) is 16.6 Å². The van der Waals surface area contributed by atoms with Crippen LogP contribution in [-0.4, -0.2) is 22.9 Å². The predicted molar refractivity (Wildman–Crippen MR) is 49.1 cm³/mol. The van der Waals surface area contributed by atoms with Crippen LogP contribution in [0.15, 0.2) is 10.7 Å². The highest BCUT2D eigenvalue weighted by molar-refractivity contribution is 9.10. The van der Waals surface area contributed by atoms with Gasteiger partial charge in [0.25, 0.3) is 0 Å². The number of halogens is 2. The number of nitrogens with zero attached hydrogens (tertiary/aromatic N) is 2. The summed E-state index contributed by atoms with van der Waals surface area (Å²) in [5, 5.41) is 3.62. The van der Waals surface area contributed by atoms with Crippen molar-refractivity contribution in [2.75, 3.05) is 7.11 Å². The minimum Gasteiger partial charge on any atom is -0.467 e. The van der Waals surface area contributed by atoms with Gasteiger partial charge in [0, 0.05) is 6.20 Å². The highest BCUT2D eigenvalue weighted by atomic mass is 79.9. The third kappa shape index (κ3) is 1.25. The Labute approximate surface area is 88.2 Å². The lowest BCUT2D eigenvalue weighted by molar-refractivity contribution is -0.146. The zero-order valence-electron chi connectivity index (χ0n) is 7.46. The lowest BCUT2D eigenvalue weighted by Crippen LogP contribution is -2.29. The van der Waals surface area contributed by atoms with Gasteiger partial charge in [0.15, 0.2) is 5.54 Å². The summed E-state index contributed by atoms with van der Waals surface area (Å²) in [6, 6.07) is 0. The molecule has 0 saturated heterocycles. The molecule has 0 radical (unpaired) electrons. The molecule has 0 unspecified atom stereocenters. The van der Waals surface area contributed by atoms with Gasteiger partial charge in [-0.15, -0.1) is 5.10 Å². The Bertz CT molecular complexity index is 367. The summed E-state index contributed by atoms with van der Waals surface area (Å²) in [6.45, 7) is 0. The average Bonchev–Trinajstić information content (AvgIpc) is 2.90. The third-order valence-corrected chi connectivity index (χ3v) is 2.89. The van der Waals surface area contributed by atoms with Crippen molar-refractivity contribution < 1.29 is 13.9 Å². The topological polar surface area (TPSA) is 44.1 Å². The number of carbonyl (C=O) groups excluding carboxylic acids is 1. The number of ether oxygens (including phenoxy) is 1. The van der Waals surface area contributed by atoms with Crippen LogP contribution in [0.1, 0.15) is 12.8 Å². The lowest BCUT2D eigenvalue weighted by atomic mass is 10.3. The standard InChI is InChI=1S/C8H8BrFN2O2/c1-14-7(13)8(2-3-8)12-4-5(9)6(10)11-12/h4H,2-3H2,1H3. The van der Waals surface area contributed by atoms with Crippen LogP contribution in [0.2, 0.25) is 0 Å². The molecule has 1 aromatic rings. The van der Waals surface area contributed by atoms with Gasteiger partial charge in [0.1, 0.15) is 0 Å². The average molecular weight is 263 g/mol. The summed E-state index contributed by atoms with van der Waals surface area (Å²) in [5.74, 6) is -0.979. The fourth-order valence-electron chi connectivity index (χ4n) is 1.39. The summed E-state index contributed by atoms with van der Waals surface area (Å²) >= 11 is 3.00. The van der Waals surface area contributed by atoms with Crippen LogP contribution in [0.25, 0.3) is 0 Å². The summed E-state index contributed by atoms with van der Waals surface area (Å²) in [6.07, 6.45) is 2.75. The summed E-state index contributed by atoms with van der Waals surface area (Å²) in [4.78, 5) is 11.4. The highest BCUT2D eigenvalue weighted by Crippen LogP contribution is 2.44. The van der Waals surface area contributed by atoms with E-state index in [1.807, 2.05) is 0 Å².